The Morgan fingerprint density at radius 3 is 2.67 bits per heavy atom. The number of hydrogen-bond donors (Lipinski definition) is 1. The van der Waals surface area contributed by atoms with Crippen LogP contribution >= 0.6 is 0 Å². The lowest BCUT2D eigenvalue weighted by Gasteiger charge is -2.37. The number of pyridine rings is 1. The van der Waals surface area contributed by atoms with Crippen LogP contribution in [0.3, 0.4) is 0 Å². The Morgan fingerprint density at radius 1 is 1.14 bits per heavy atom. The van der Waals surface area contributed by atoms with Crippen molar-refractivity contribution in [1.82, 2.24) is 14.9 Å². The molecule has 2 aliphatic rings. The first kappa shape index (κ1) is 23.6. The molecular formula is C26H28N6O4. The molecule has 0 aliphatic carbocycles. The third kappa shape index (κ3) is 4.96. The van der Waals surface area contributed by atoms with Crippen molar-refractivity contribution in [2.45, 2.75) is 32.6 Å². The maximum atomic E-state index is 13.3. The Morgan fingerprint density at radius 2 is 1.97 bits per heavy atom. The van der Waals surface area contributed by atoms with Crippen molar-refractivity contribution in [2.24, 2.45) is 11.8 Å². The zero-order valence-corrected chi connectivity index (χ0v) is 20.1. The van der Waals surface area contributed by atoms with Crippen LogP contribution in [0.1, 0.15) is 36.9 Å². The Bertz CT molecular complexity index is 1250. The highest BCUT2D eigenvalue weighted by molar-refractivity contribution is 5.92. The lowest BCUT2D eigenvalue weighted by atomic mass is 9.92. The number of carbonyl (C=O) groups is 2. The second-order valence-electron chi connectivity index (χ2n) is 9.36. The summed E-state index contributed by atoms with van der Waals surface area (Å²) in [6.45, 7) is 4.19. The van der Waals surface area contributed by atoms with Gasteiger partial charge < -0.3 is 24.0 Å². The molecular weight excluding hydrogens is 460 g/mol. The monoisotopic (exact) mass is 488 g/mol. The fourth-order valence-electron chi connectivity index (χ4n) is 4.85. The summed E-state index contributed by atoms with van der Waals surface area (Å²) in [5.74, 6) is 1.29. The predicted octanol–water partition coefficient (Wildman–Crippen LogP) is 3.60. The second kappa shape index (κ2) is 10.2. The summed E-state index contributed by atoms with van der Waals surface area (Å²) in [6.07, 6.45) is 6.07. The van der Waals surface area contributed by atoms with Crippen molar-refractivity contribution in [2.75, 3.05) is 36.4 Å². The van der Waals surface area contributed by atoms with E-state index in [2.05, 4.69) is 21.4 Å². The van der Waals surface area contributed by atoms with Crippen LogP contribution in [-0.4, -0.2) is 52.9 Å². The number of amides is 2. The molecule has 10 heteroatoms. The number of likely N-dealkylation sites (tertiary alicyclic amines) is 1. The third-order valence-corrected chi connectivity index (χ3v) is 6.85. The molecule has 5 rings (SSSR count). The molecule has 186 valence electrons. The highest BCUT2D eigenvalue weighted by Gasteiger charge is 2.35. The van der Waals surface area contributed by atoms with Crippen molar-refractivity contribution in [1.29, 1.82) is 5.26 Å². The molecule has 36 heavy (non-hydrogen) atoms. The van der Waals surface area contributed by atoms with E-state index < -0.39 is 0 Å². The number of oxazole rings is 1. The molecule has 2 fully saturated rings. The number of nitrogens with one attached hydrogen (secondary N) is 1. The maximum Gasteiger partial charge on any atom is 0.266 e. The van der Waals surface area contributed by atoms with Crippen LogP contribution < -0.4 is 10.2 Å². The molecule has 1 unspecified atom stereocenters. The number of nitrogens with zero attached hydrogens (tertiary/aromatic N) is 5. The molecule has 0 aromatic carbocycles. The van der Waals surface area contributed by atoms with Crippen LogP contribution in [-0.2, 0) is 9.59 Å². The van der Waals surface area contributed by atoms with E-state index in [0.717, 1.165) is 18.4 Å². The van der Waals surface area contributed by atoms with E-state index >= 15 is 0 Å². The predicted molar refractivity (Wildman–Crippen MR) is 131 cm³/mol. The fraction of sp³-hybridized carbons (Fsp3) is 0.423. The topological polar surface area (TPSA) is 128 Å². The Labute approximate surface area is 208 Å². The van der Waals surface area contributed by atoms with E-state index in [1.165, 1.54) is 6.26 Å². The van der Waals surface area contributed by atoms with Gasteiger partial charge in [-0.25, -0.2) is 4.98 Å². The molecule has 2 amide bonds. The van der Waals surface area contributed by atoms with E-state index in [9.17, 15) is 14.9 Å². The zero-order chi connectivity index (χ0) is 25.1. The average Bonchev–Trinajstić information content (AvgIpc) is 3.60. The quantitative estimate of drug-likeness (QED) is 0.577. The number of aromatic nitrogens is 2. The van der Waals surface area contributed by atoms with Gasteiger partial charge in [-0.1, -0.05) is 6.07 Å². The van der Waals surface area contributed by atoms with Gasteiger partial charge in [-0.15, -0.1) is 0 Å². The van der Waals surface area contributed by atoms with E-state index in [-0.39, 0.29) is 35.2 Å². The summed E-state index contributed by atoms with van der Waals surface area (Å²) in [7, 11) is 0. The molecule has 1 N–H and O–H groups in total. The minimum atomic E-state index is -0.252. The summed E-state index contributed by atoms with van der Waals surface area (Å²) >= 11 is 0. The van der Waals surface area contributed by atoms with Crippen LogP contribution in [0, 0.1) is 30.1 Å². The number of aryl methyl sites for hydroxylation is 1. The SMILES string of the molecule is Cc1ccc(NC(=O)C2CCCN(C(=O)C3CCN(c4oc(-c5ccco5)nc4C#N)CC3)C2)nc1. The van der Waals surface area contributed by atoms with E-state index in [1.807, 2.05) is 22.8 Å². The number of carbonyl (C=O) groups excluding carboxylic acids is 2. The van der Waals surface area contributed by atoms with Gasteiger partial charge in [-0.3, -0.25) is 9.59 Å². The molecule has 0 bridgehead atoms. The fourth-order valence-corrected chi connectivity index (χ4v) is 4.85. The number of furan rings is 1. The normalized spacial score (nSPS) is 18.6. The Hall–Kier alpha value is -4.13. The van der Waals surface area contributed by atoms with Gasteiger partial charge in [0.15, 0.2) is 5.76 Å². The molecule has 10 nitrogen and oxygen atoms in total. The third-order valence-electron chi connectivity index (χ3n) is 6.85. The molecule has 1 atom stereocenters. The largest absolute Gasteiger partial charge is 0.459 e. The highest BCUT2D eigenvalue weighted by atomic mass is 16.4. The molecule has 0 radical (unpaired) electrons. The summed E-state index contributed by atoms with van der Waals surface area (Å²) < 4.78 is 11.2. The molecule has 3 aromatic rings. The van der Waals surface area contributed by atoms with Crippen molar-refractivity contribution in [3.63, 3.8) is 0 Å². The second-order valence-corrected chi connectivity index (χ2v) is 9.36. The summed E-state index contributed by atoms with van der Waals surface area (Å²) in [4.78, 5) is 38.4. The molecule has 2 saturated heterocycles. The number of piperidine rings is 2. The molecule has 5 heterocycles. The van der Waals surface area contributed by atoms with E-state index in [4.69, 9.17) is 8.83 Å². The van der Waals surface area contributed by atoms with Gasteiger partial charge in [0.2, 0.25) is 23.4 Å². The first-order chi connectivity index (χ1) is 17.5. The lowest BCUT2D eigenvalue weighted by molar-refractivity contribution is -0.139. The standard InChI is InChI=1S/C26H28N6O4/c1-17-6-7-22(28-15-17)30-23(33)19-4-2-10-32(16-19)25(34)18-8-11-31(12-9-18)26-20(14-27)29-24(36-26)21-5-3-13-35-21/h3,5-7,13,15,18-19H,2,4,8-12,16H2,1H3,(H,28,30,33). The minimum absolute atomic E-state index is 0.0926. The van der Waals surface area contributed by atoms with E-state index in [0.29, 0.717) is 56.5 Å². The van der Waals surface area contributed by atoms with Crippen LogP contribution in [0.2, 0.25) is 0 Å². The van der Waals surface area contributed by atoms with Crippen LogP contribution in [0.15, 0.2) is 45.6 Å². The molecule has 2 aliphatic heterocycles. The molecule has 0 spiro atoms. The Balaban J connectivity index is 1.17. The Kier molecular flexibility index (Phi) is 6.71. The minimum Gasteiger partial charge on any atom is -0.459 e. The maximum absolute atomic E-state index is 13.3. The van der Waals surface area contributed by atoms with Gasteiger partial charge in [0.25, 0.3) is 5.89 Å². The lowest BCUT2D eigenvalue weighted by Crippen LogP contribution is -2.48. The highest BCUT2D eigenvalue weighted by Crippen LogP contribution is 2.32. The zero-order valence-electron chi connectivity index (χ0n) is 20.1. The van der Waals surface area contributed by atoms with Crippen LogP contribution in [0.25, 0.3) is 11.7 Å². The van der Waals surface area contributed by atoms with Crippen molar-refractivity contribution < 1.29 is 18.4 Å². The van der Waals surface area contributed by atoms with Gasteiger partial charge in [0, 0.05) is 38.3 Å². The first-order valence-electron chi connectivity index (χ1n) is 12.2. The molecule has 3 aromatic heterocycles. The van der Waals surface area contributed by atoms with Crippen molar-refractivity contribution in [3.05, 3.63) is 48.0 Å². The van der Waals surface area contributed by atoms with Gasteiger partial charge in [0.1, 0.15) is 11.9 Å². The van der Waals surface area contributed by atoms with Crippen LogP contribution in [0.4, 0.5) is 11.7 Å². The average molecular weight is 489 g/mol. The first-order valence-corrected chi connectivity index (χ1v) is 12.2. The smallest absolute Gasteiger partial charge is 0.266 e. The summed E-state index contributed by atoms with van der Waals surface area (Å²) in [5.41, 5.74) is 1.23. The van der Waals surface area contributed by atoms with Gasteiger partial charge in [-0.2, -0.15) is 10.2 Å². The number of anilines is 2. The van der Waals surface area contributed by atoms with Gasteiger partial charge >= 0.3 is 0 Å². The number of rotatable bonds is 5. The van der Waals surface area contributed by atoms with Crippen LogP contribution in [0.5, 0.6) is 0 Å². The number of hydrogen-bond acceptors (Lipinski definition) is 8. The van der Waals surface area contributed by atoms with E-state index in [1.54, 1.807) is 24.4 Å². The van der Waals surface area contributed by atoms with Crippen molar-refractivity contribution >= 4 is 23.5 Å². The number of nitriles is 1. The van der Waals surface area contributed by atoms with Gasteiger partial charge in [-0.05, 0) is 56.4 Å². The summed E-state index contributed by atoms with van der Waals surface area (Å²) in [6, 6.07) is 9.24. The van der Waals surface area contributed by atoms with Crippen molar-refractivity contribution in [3.8, 4) is 17.7 Å². The summed E-state index contributed by atoms with van der Waals surface area (Å²) in [5, 5.41) is 12.4. The molecule has 0 saturated carbocycles. The van der Waals surface area contributed by atoms with Gasteiger partial charge in [0.05, 0.1) is 12.2 Å².